The van der Waals surface area contributed by atoms with Crippen LogP contribution >= 0.6 is 23.2 Å². The van der Waals surface area contributed by atoms with Crippen LogP contribution in [0.1, 0.15) is 5.56 Å². The molecule has 2 aromatic carbocycles. The molecule has 1 aliphatic rings. The topological polar surface area (TPSA) is 9.23 Å². The van der Waals surface area contributed by atoms with E-state index < -0.39 is 0 Å². The number of benzene rings is 2. The molecule has 1 aliphatic heterocycles. The number of fused-ring (bicyclic) bond motifs is 1. The third-order valence-electron chi connectivity index (χ3n) is 3.09. The first-order valence-electron chi connectivity index (χ1n) is 5.83. The van der Waals surface area contributed by atoms with Gasteiger partial charge in [-0.05, 0) is 31.2 Å². The zero-order chi connectivity index (χ0) is 13.6. The lowest BCUT2D eigenvalue weighted by Crippen LogP contribution is -2.06. The minimum absolute atomic E-state index is 0.211. The van der Waals surface area contributed by atoms with Gasteiger partial charge in [0.25, 0.3) is 0 Å². The summed E-state index contributed by atoms with van der Waals surface area (Å²) in [5.74, 6) is 0.291. The molecule has 0 saturated heterocycles. The van der Waals surface area contributed by atoms with E-state index in [0.29, 0.717) is 33.3 Å². The lowest BCUT2D eigenvalue weighted by atomic mass is 10.00. The van der Waals surface area contributed by atoms with Crippen LogP contribution in [0.2, 0.25) is 10.0 Å². The molecule has 97 valence electrons. The molecule has 0 spiro atoms. The van der Waals surface area contributed by atoms with E-state index in [1.165, 1.54) is 12.1 Å². The van der Waals surface area contributed by atoms with E-state index >= 15 is 0 Å². The Morgan fingerprint density at radius 1 is 1.21 bits per heavy atom. The molecule has 2 aromatic rings. The summed E-state index contributed by atoms with van der Waals surface area (Å²) in [6.45, 7) is 3.85. The molecule has 0 aliphatic carbocycles. The van der Waals surface area contributed by atoms with Crippen LogP contribution in [0.3, 0.4) is 0 Å². The van der Waals surface area contributed by atoms with Crippen LogP contribution < -0.4 is 4.74 Å². The zero-order valence-corrected chi connectivity index (χ0v) is 11.4. The molecule has 1 radical (unpaired) electrons. The van der Waals surface area contributed by atoms with Crippen molar-refractivity contribution in [3.63, 3.8) is 0 Å². The maximum absolute atomic E-state index is 13.7. The Morgan fingerprint density at radius 2 is 1.89 bits per heavy atom. The molecule has 1 nitrogen and oxygen atoms in total. The van der Waals surface area contributed by atoms with Crippen LogP contribution in [0.5, 0.6) is 5.75 Å². The van der Waals surface area contributed by atoms with Gasteiger partial charge in [-0.15, -0.1) is 0 Å². The van der Waals surface area contributed by atoms with Gasteiger partial charge in [0, 0.05) is 23.1 Å². The molecule has 0 bridgehead atoms. The van der Waals surface area contributed by atoms with Crippen LogP contribution in [0.15, 0.2) is 30.3 Å². The quantitative estimate of drug-likeness (QED) is 0.724. The monoisotopic (exact) mass is 295 g/mol. The van der Waals surface area contributed by atoms with Gasteiger partial charge < -0.3 is 4.74 Å². The third-order valence-corrected chi connectivity index (χ3v) is 3.72. The second-order valence-electron chi connectivity index (χ2n) is 4.48. The first-order chi connectivity index (χ1) is 9.06. The van der Waals surface area contributed by atoms with Gasteiger partial charge in [0.05, 0.1) is 10.0 Å². The van der Waals surface area contributed by atoms with E-state index in [1.807, 2.05) is 0 Å². The molecule has 4 heteroatoms. The van der Waals surface area contributed by atoms with Gasteiger partial charge in [-0.3, -0.25) is 0 Å². The van der Waals surface area contributed by atoms with Crippen LogP contribution in [-0.2, 0) is 6.42 Å². The van der Waals surface area contributed by atoms with Crippen LogP contribution in [0, 0.1) is 12.7 Å². The summed E-state index contributed by atoms with van der Waals surface area (Å²) in [5, 5.41) is 0.938. The van der Waals surface area contributed by atoms with Gasteiger partial charge in [0.1, 0.15) is 17.7 Å². The Labute approximate surface area is 120 Å². The fourth-order valence-electron chi connectivity index (χ4n) is 2.34. The van der Waals surface area contributed by atoms with Gasteiger partial charge in [0.15, 0.2) is 0 Å². The third kappa shape index (κ3) is 2.19. The highest BCUT2D eigenvalue weighted by Gasteiger charge is 2.25. The van der Waals surface area contributed by atoms with Gasteiger partial charge in [0.2, 0.25) is 0 Å². The Morgan fingerprint density at radius 3 is 2.58 bits per heavy atom. The first kappa shape index (κ1) is 12.8. The summed E-state index contributed by atoms with van der Waals surface area (Å²) in [5.41, 5.74) is 1.97. The predicted octanol–water partition coefficient (Wildman–Crippen LogP) is 4.94. The van der Waals surface area contributed by atoms with E-state index in [9.17, 15) is 4.39 Å². The summed E-state index contributed by atoms with van der Waals surface area (Å²) in [7, 11) is 0. The van der Waals surface area contributed by atoms with Gasteiger partial charge >= 0.3 is 0 Å². The van der Waals surface area contributed by atoms with Crippen molar-refractivity contribution in [2.75, 3.05) is 0 Å². The lowest BCUT2D eigenvalue weighted by molar-refractivity contribution is 0.282. The lowest BCUT2D eigenvalue weighted by Gasteiger charge is -2.12. The van der Waals surface area contributed by atoms with Crippen LogP contribution in [0.25, 0.3) is 11.1 Å². The molecular formula is C15H10Cl2FO. The normalized spacial score (nSPS) is 17.2. The highest BCUT2D eigenvalue weighted by atomic mass is 35.5. The highest BCUT2D eigenvalue weighted by Crippen LogP contribution is 2.44. The number of hydrogen-bond donors (Lipinski definition) is 0. The van der Waals surface area contributed by atoms with E-state index in [4.69, 9.17) is 27.9 Å². The summed E-state index contributed by atoms with van der Waals surface area (Å²) < 4.78 is 19.4. The number of ether oxygens (including phenoxy) is 1. The van der Waals surface area contributed by atoms with Gasteiger partial charge in [-0.2, -0.15) is 0 Å². The minimum Gasteiger partial charge on any atom is -0.489 e. The maximum atomic E-state index is 13.7. The van der Waals surface area contributed by atoms with Crippen molar-refractivity contribution < 1.29 is 9.13 Å². The molecule has 0 aromatic heterocycles. The summed E-state index contributed by atoms with van der Waals surface area (Å²) in [6, 6.07) is 8.05. The number of halogens is 3. The number of rotatable bonds is 1. The fraction of sp³-hybridized carbons (Fsp3) is 0.133. The first-order valence-corrected chi connectivity index (χ1v) is 6.58. The Hall–Kier alpha value is -1.25. The maximum Gasteiger partial charge on any atom is 0.131 e. The molecule has 19 heavy (non-hydrogen) atoms. The molecule has 0 saturated carbocycles. The van der Waals surface area contributed by atoms with Crippen molar-refractivity contribution in [3.8, 4) is 16.9 Å². The summed E-state index contributed by atoms with van der Waals surface area (Å²) >= 11 is 12.4. The van der Waals surface area contributed by atoms with E-state index in [0.717, 1.165) is 5.56 Å². The van der Waals surface area contributed by atoms with Crippen LogP contribution in [-0.4, -0.2) is 6.10 Å². The Bertz CT molecular complexity index is 635. The van der Waals surface area contributed by atoms with Crippen molar-refractivity contribution >= 4 is 23.2 Å². The molecule has 0 N–H and O–H groups in total. The fourth-order valence-corrected chi connectivity index (χ4v) is 2.94. The molecule has 1 unspecified atom stereocenters. The second kappa shape index (κ2) is 4.69. The largest absolute Gasteiger partial charge is 0.489 e. The second-order valence-corrected chi connectivity index (χ2v) is 5.30. The molecule has 1 atom stereocenters. The van der Waals surface area contributed by atoms with Crippen molar-refractivity contribution in [3.05, 3.63) is 58.7 Å². The van der Waals surface area contributed by atoms with Crippen molar-refractivity contribution in [1.29, 1.82) is 0 Å². The van der Waals surface area contributed by atoms with Crippen LogP contribution in [0.4, 0.5) is 4.39 Å². The molecule has 0 amide bonds. The average molecular weight is 296 g/mol. The SMILES string of the molecule is [CH2]C1Cc2cc(F)cc(-c3c(Cl)cccc3Cl)c2O1. The van der Waals surface area contributed by atoms with E-state index in [2.05, 4.69) is 6.92 Å². The highest BCUT2D eigenvalue weighted by molar-refractivity contribution is 6.39. The predicted molar refractivity (Wildman–Crippen MR) is 75.3 cm³/mol. The smallest absolute Gasteiger partial charge is 0.131 e. The van der Waals surface area contributed by atoms with Gasteiger partial charge in [-0.25, -0.2) is 4.39 Å². The minimum atomic E-state index is -0.331. The zero-order valence-electron chi connectivity index (χ0n) is 9.92. The molecular weight excluding hydrogens is 286 g/mol. The van der Waals surface area contributed by atoms with E-state index in [-0.39, 0.29) is 11.9 Å². The summed E-state index contributed by atoms with van der Waals surface area (Å²) in [6.07, 6.45) is 0.374. The molecule has 3 rings (SSSR count). The number of hydrogen-bond acceptors (Lipinski definition) is 1. The summed E-state index contributed by atoms with van der Waals surface area (Å²) in [4.78, 5) is 0. The average Bonchev–Trinajstić information content (AvgIpc) is 2.69. The van der Waals surface area contributed by atoms with Crippen molar-refractivity contribution in [2.24, 2.45) is 0 Å². The Kier molecular flexibility index (Phi) is 3.15. The van der Waals surface area contributed by atoms with Crippen molar-refractivity contribution in [2.45, 2.75) is 12.5 Å². The van der Waals surface area contributed by atoms with Crippen molar-refractivity contribution in [1.82, 2.24) is 0 Å². The molecule has 1 heterocycles. The van der Waals surface area contributed by atoms with E-state index in [1.54, 1.807) is 18.2 Å². The standard InChI is InChI=1S/C15H10Cl2FO/c1-8-5-9-6-10(18)7-11(15(9)19-8)14-12(16)3-2-4-13(14)17/h2-4,6-8H,1,5H2. The Balaban J connectivity index is 2.27. The van der Waals surface area contributed by atoms with Gasteiger partial charge in [-0.1, -0.05) is 29.3 Å². The molecule has 0 fully saturated rings.